The van der Waals surface area contributed by atoms with Gasteiger partial charge in [-0.15, -0.1) is 0 Å². The van der Waals surface area contributed by atoms with E-state index in [4.69, 9.17) is 5.73 Å². The van der Waals surface area contributed by atoms with Gasteiger partial charge in [0.05, 0.1) is 0 Å². The molecule has 0 aliphatic rings. The highest BCUT2D eigenvalue weighted by Crippen LogP contribution is 2.35. The molecule has 0 aromatic heterocycles. The fraction of sp³-hybridized carbons (Fsp3) is 0.333. The second kappa shape index (κ2) is 8.43. The topological polar surface area (TPSA) is 26.0 Å². The van der Waals surface area contributed by atoms with Gasteiger partial charge < -0.3 is 5.73 Å². The molecule has 1 unspecified atom stereocenters. The Bertz CT molecular complexity index is 584. The average molecular weight is 293 g/mol. The molecule has 0 saturated heterocycles. The van der Waals surface area contributed by atoms with Crippen LogP contribution in [0, 0.1) is 0 Å². The first-order valence-electron chi connectivity index (χ1n) is 8.36. The van der Waals surface area contributed by atoms with Gasteiger partial charge in [0.2, 0.25) is 0 Å². The van der Waals surface area contributed by atoms with Crippen molar-refractivity contribution in [3.05, 3.63) is 77.4 Å². The first kappa shape index (κ1) is 16.4. The molecule has 0 fully saturated rings. The lowest BCUT2D eigenvalue weighted by atomic mass is 9.83. The van der Waals surface area contributed by atoms with Crippen molar-refractivity contribution >= 4 is 5.70 Å². The van der Waals surface area contributed by atoms with Gasteiger partial charge in [0.1, 0.15) is 0 Å². The van der Waals surface area contributed by atoms with Crippen LogP contribution >= 0.6 is 0 Å². The first-order chi connectivity index (χ1) is 10.8. The number of allylic oxidation sites excluding steroid dienone is 1. The van der Waals surface area contributed by atoms with Crippen LogP contribution < -0.4 is 5.73 Å². The number of rotatable bonds is 7. The van der Waals surface area contributed by atoms with Crippen LogP contribution in [-0.4, -0.2) is 0 Å². The molecule has 0 radical (unpaired) electrons. The summed E-state index contributed by atoms with van der Waals surface area (Å²) in [7, 11) is 0. The van der Waals surface area contributed by atoms with Crippen LogP contribution in [-0.2, 0) is 0 Å². The second-order valence-electron chi connectivity index (χ2n) is 5.81. The smallest absolute Gasteiger partial charge is 0.0385 e. The molecule has 2 N–H and O–H groups in total. The zero-order valence-electron chi connectivity index (χ0n) is 13.8. The van der Waals surface area contributed by atoms with Crippen LogP contribution in [0.2, 0.25) is 0 Å². The summed E-state index contributed by atoms with van der Waals surface area (Å²) in [4.78, 5) is 0. The van der Waals surface area contributed by atoms with E-state index >= 15 is 0 Å². The summed E-state index contributed by atoms with van der Waals surface area (Å²) in [5, 5.41) is 0. The first-order valence-corrected chi connectivity index (χ1v) is 8.36. The lowest BCUT2D eigenvalue weighted by Gasteiger charge is -2.23. The third-order valence-electron chi connectivity index (χ3n) is 4.15. The van der Waals surface area contributed by atoms with Crippen LogP contribution in [0.1, 0.15) is 56.6 Å². The van der Waals surface area contributed by atoms with E-state index in [2.05, 4.69) is 68.4 Å². The second-order valence-corrected chi connectivity index (χ2v) is 5.81. The van der Waals surface area contributed by atoms with Crippen molar-refractivity contribution in [3.8, 4) is 0 Å². The summed E-state index contributed by atoms with van der Waals surface area (Å²) in [6.07, 6.45) is 4.48. The van der Waals surface area contributed by atoms with E-state index in [1.54, 1.807) is 0 Å². The van der Waals surface area contributed by atoms with Crippen molar-refractivity contribution < 1.29 is 0 Å². The van der Waals surface area contributed by atoms with Crippen LogP contribution in [0.5, 0.6) is 0 Å². The summed E-state index contributed by atoms with van der Waals surface area (Å²) in [6.45, 7) is 4.48. The average Bonchev–Trinajstić information content (AvgIpc) is 2.59. The molecular formula is C21H27N. The molecule has 2 rings (SSSR count). The lowest BCUT2D eigenvalue weighted by Crippen LogP contribution is -2.10. The third-order valence-corrected chi connectivity index (χ3v) is 4.15. The summed E-state index contributed by atoms with van der Waals surface area (Å²) < 4.78 is 0. The predicted octanol–water partition coefficient (Wildman–Crippen LogP) is 5.74. The maximum absolute atomic E-state index is 6.57. The zero-order chi connectivity index (χ0) is 15.8. The van der Waals surface area contributed by atoms with Gasteiger partial charge in [0, 0.05) is 11.6 Å². The van der Waals surface area contributed by atoms with Crippen molar-refractivity contribution in [1.29, 1.82) is 0 Å². The maximum atomic E-state index is 6.57. The summed E-state index contributed by atoms with van der Waals surface area (Å²) in [5.74, 6) is 0.423. The van der Waals surface area contributed by atoms with Gasteiger partial charge in [-0.2, -0.15) is 0 Å². The molecular weight excluding hydrogens is 266 g/mol. The van der Waals surface area contributed by atoms with E-state index in [0.29, 0.717) is 5.92 Å². The van der Waals surface area contributed by atoms with Crippen LogP contribution in [0.25, 0.3) is 5.70 Å². The van der Waals surface area contributed by atoms with E-state index in [-0.39, 0.29) is 0 Å². The Balaban J connectivity index is 2.47. The zero-order valence-corrected chi connectivity index (χ0v) is 13.8. The number of nitrogens with two attached hydrogens (primary N) is 1. The Morgan fingerprint density at radius 2 is 1.45 bits per heavy atom. The monoisotopic (exact) mass is 293 g/mol. The molecule has 0 saturated carbocycles. The molecule has 116 valence electrons. The molecule has 0 heterocycles. The van der Waals surface area contributed by atoms with E-state index in [0.717, 1.165) is 36.9 Å². The van der Waals surface area contributed by atoms with Crippen molar-refractivity contribution in [2.45, 2.75) is 45.4 Å². The van der Waals surface area contributed by atoms with Gasteiger partial charge in [-0.3, -0.25) is 0 Å². The summed E-state index contributed by atoms with van der Waals surface area (Å²) in [5.41, 5.74) is 11.4. The molecule has 2 aromatic carbocycles. The predicted molar refractivity (Wildman–Crippen MR) is 96.5 cm³/mol. The highest BCUT2D eigenvalue weighted by molar-refractivity contribution is 5.67. The van der Waals surface area contributed by atoms with Crippen molar-refractivity contribution in [2.75, 3.05) is 0 Å². The molecule has 0 bridgehead atoms. The Morgan fingerprint density at radius 1 is 0.864 bits per heavy atom. The molecule has 0 spiro atoms. The van der Waals surface area contributed by atoms with Gasteiger partial charge in [-0.05, 0) is 29.5 Å². The third kappa shape index (κ3) is 4.00. The summed E-state index contributed by atoms with van der Waals surface area (Å²) >= 11 is 0. The number of hydrogen-bond donors (Lipinski definition) is 1. The van der Waals surface area contributed by atoms with Gasteiger partial charge in [0.25, 0.3) is 0 Å². The quantitative estimate of drug-likeness (QED) is 0.692. The molecule has 0 aliphatic heterocycles. The van der Waals surface area contributed by atoms with E-state index in [1.807, 2.05) is 6.07 Å². The molecule has 22 heavy (non-hydrogen) atoms. The van der Waals surface area contributed by atoms with Crippen LogP contribution in [0.4, 0.5) is 0 Å². The Morgan fingerprint density at radius 3 is 2.00 bits per heavy atom. The van der Waals surface area contributed by atoms with E-state index in [1.165, 1.54) is 11.1 Å². The standard InChI is InChI=1S/C21H27N/c1-3-11-19(17-13-7-5-8-14-17)20(12-4-2)21(22)18-15-9-6-10-16-18/h5-10,13-16,19H,3-4,11-12,22H2,1-2H3/b21-20-. The van der Waals surface area contributed by atoms with Crippen molar-refractivity contribution in [1.82, 2.24) is 0 Å². The maximum Gasteiger partial charge on any atom is 0.0385 e. The Hall–Kier alpha value is -2.02. The SMILES string of the molecule is CCC/C(=C(/N)c1ccccc1)C(CCC)c1ccccc1. The van der Waals surface area contributed by atoms with Crippen LogP contribution in [0.15, 0.2) is 66.2 Å². The molecule has 0 aliphatic carbocycles. The molecule has 1 atom stereocenters. The highest BCUT2D eigenvalue weighted by Gasteiger charge is 2.18. The minimum atomic E-state index is 0.423. The Kier molecular flexibility index (Phi) is 6.27. The Labute approximate surface area is 134 Å². The number of benzene rings is 2. The molecule has 0 amide bonds. The van der Waals surface area contributed by atoms with Crippen LogP contribution in [0.3, 0.4) is 0 Å². The highest BCUT2D eigenvalue weighted by atomic mass is 14.6. The fourth-order valence-electron chi connectivity index (χ4n) is 3.09. The van der Waals surface area contributed by atoms with E-state index < -0.39 is 0 Å². The minimum absolute atomic E-state index is 0.423. The van der Waals surface area contributed by atoms with Gasteiger partial charge in [0.15, 0.2) is 0 Å². The van der Waals surface area contributed by atoms with Gasteiger partial charge in [-0.1, -0.05) is 87.4 Å². The largest absolute Gasteiger partial charge is 0.398 e. The van der Waals surface area contributed by atoms with E-state index in [9.17, 15) is 0 Å². The summed E-state index contributed by atoms with van der Waals surface area (Å²) in [6, 6.07) is 21.2. The molecule has 2 aromatic rings. The van der Waals surface area contributed by atoms with Gasteiger partial charge in [-0.25, -0.2) is 0 Å². The van der Waals surface area contributed by atoms with Crippen molar-refractivity contribution in [2.24, 2.45) is 5.73 Å². The molecule has 1 heteroatoms. The lowest BCUT2D eigenvalue weighted by molar-refractivity contribution is 0.654. The number of hydrogen-bond acceptors (Lipinski definition) is 1. The molecule has 1 nitrogen and oxygen atoms in total. The van der Waals surface area contributed by atoms with Crippen molar-refractivity contribution in [3.63, 3.8) is 0 Å². The normalized spacial score (nSPS) is 13.5. The minimum Gasteiger partial charge on any atom is -0.398 e. The fourth-order valence-corrected chi connectivity index (χ4v) is 3.09. The van der Waals surface area contributed by atoms with Gasteiger partial charge >= 0.3 is 0 Å².